The van der Waals surface area contributed by atoms with Crippen molar-refractivity contribution in [1.29, 1.82) is 0 Å². The first-order chi connectivity index (χ1) is 9.43. The van der Waals surface area contributed by atoms with Gasteiger partial charge in [0.05, 0.1) is 23.7 Å². The minimum Gasteiger partial charge on any atom is -0.312 e. The molecular weight excluding hydrogens is 274 g/mol. The smallest absolute Gasteiger partial charge is 0.152 e. The fourth-order valence-electron chi connectivity index (χ4n) is 2.74. The zero-order valence-electron chi connectivity index (χ0n) is 12.6. The highest BCUT2D eigenvalue weighted by Gasteiger charge is 2.31. The molecule has 1 aromatic rings. The number of sulfone groups is 1. The first-order valence-corrected chi connectivity index (χ1v) is 9.21. The SMILES string of the molecule is CCc1c(CNCC(C)C)cnn1C1CCS(=O)(=O)C1. The van der Waals surface area contributed by atoms with E-state index in [1.165, 1.54) is 11.3 Å². The van der Waals surface area contributed by atoms with E-state index >= 15 is 0 Å². The van der Waals surface area contributed by atoms with E-state index in [-0.39, 0.29) is 11.8 Å². The highest BCUT2D eigenvalue weighted by atomic mass is 32.2. The summed E-state index contributed by atoms with van der Waals surface area (Å²) in [5.41, 5.74) is 2.36. The Labute approximate surface area is 121 Å². The van der Waals surface area contributed by atoms with Gasteiger partial charge >= 0.3 is 0 Å². The lowest BCUT2D eigenvalue weighted by Crippen LogP contribution is -2.20. The second-order valence-corrected chi connectivity index (χ2v) is 8.22. The van der Waals surface area contributed by atoms with Crippen molar-refractivity contribution >= 4 is 9.84 Å². The summed E-state index contributed by atoms with van der Waals surface area (Å²) in [5.74, 6) is 1.15. The standard InChI is InChI=1S/C14H25N3O2S/c1-4-14-12(8-15-7-11(2)3)9-16-17(14)13-5-6-20(18,19)10-13/h9,11,13,15H,4-8,10H2,1-3H3. The van der Waals surface area contributed by atoms with Crippen LogP contribution in [0, 0.1) is 5.92 Å². The monoisotopic (exact) mass is 299 g/mol. The van der Waals surface area contributed by atoms with Crippen LogP contribution in [0.1, 0.15) is 44.5 Å². The van der Waals surface area contributed by atoms with Crippen molar-refractivity contribution in [3.05, 3.63) is 17.5 Å². The molecule has 1 atom stereocenters. The molecule has 1 saturated heterocycles. The third kappa shape index (κ3) is 3.61. The van der Waals surface area contributed by atoms with E-state index in [0.29, 0.717) is 18.1 Å². The minimum atomic E-state index is -2.86. The molecule has 1 aromatic heterocycles. The summed E-state index contributed by atoms with van der Waals surface area (Å²) in [7, 11) is -2.86. The Morgan fingerprint density at radius 2 is 2.25 bits per heavy atom. The number of nitrogens with zero attached hydrogens (tertiary/aromatic N) is 2. The van der Waals surface area contributed by atoms with Crippen LogP contribution in [0.4, 0.5) is 0 Å². The fourth-order valence-corrected chi connectivity index (χ4v) is 4.43. The van der Waals surface area contributed by atoms with Gasteiger partial charge < -0.3 is 5.32 Å². The third-order valence-electron chi connectivity index (χ3n) is 3.74. The Hall–Kier alpha value is -0.880. The highest BCUT2D eigenvalue weighted by molar-refractivity contribution is 7.91. The Balaban J connectivity index is 2.09. The molecule has 0 bridgehead atoms. The van der Waals surface area contributed by atoms with Crippen LogP contribution in [0.25, 0.3) is 0 Å². The minimum absolute atomic E-state index is 0.0220. The maximum atomic E-state index is 11.6. The van der Waals surface area contributed by atoms with E-state index in [1.807, 2.05) is 10.9 Å². The van der Waals surface area contributed by atoms with Crippen LogP contribution >= 0.6 is 0 Å². The highest BCUT2D eigenvalue weighted by Crippen LogP contribution is 2.25. The van der Waals surface area contributed by atoms with Gasteiger partial charge in [0, 0.05) is 17.8 Å². The molecular formula is C14H25N3O2S. The molecule has 0 spiro atoms. The van der Waals surface area contributed by atoms with Gasteiger partial charge in [0.2, 0.25) is 0 Å². The Bertz CT molecular complexity index is 549. The van der Waals surface area contributed by atoms with E-state index in [4.69, 9.17) is 0 Å². The molecule has 0 amide bonds. The van der Waals surface area contributed by atoms with Crippen molar-refractivity contribution in [2.24, 2.45) is 5.92 Å². The quantitative estimate of drug-likeness (QED) is 0.865. The zero-order chi connectivity index (χ0) is 14.8. The molecule has 6 heteroatoms. The van der Waals surface area contributed by atoms with Crippen molar-refractivity contribution in [3.63, 3.8) is 0 Å². The van der Waals surface area contributed by atoms with Gasteiger partial charge in [-0.25, -0.2) is 8.42 Å². The maximum absolute atomic E-state index is 11.6. The Morgan fingerprint density at radius 3 is 2.80 bits per heavy atom. The molecule has 1 fully saturated rings. The second kappa shape index (κ2) is 6.26. The van der Waals surface area contributed by atoms with Gasteiger partial charge in [-0.3, -0.25) is 4.68 Å². The predicted molar refractivity (Wildman–Crippen MR) is 80.5 cm³/mol. The first kappa shape index (κ1) is 15.5. The molecule has 114 valence electrons. The molecule has 0 radical (unpaired) electrons. The van der Waals surface area contributed by atoms with Crippen LogP contribution in [0.5, 0.6) is 0 Å². The summed E-state index contributed by atoms with van der Waals surface area (Å²) in [4.78, 5) is 0. The fraction of sp³-hybridized carbons (Fsp3) is 0.786. The largest absolute Gasteiger partial charge is 0.312 e. The van der Waals surface area contributed by atoms with Crippen LogP contribution in [0.15, 0.2) is 6.20 Å². The van der Waals surface area contributed by atoms with E-state index in [9.17, 15) is 8.42 Å². The molecule has 1 unspecified atom stereocenters. The normalized spacial score (nSPS) is 21.7. The first-order valence-electron chi connectivity index (χ1n) is 7.39. The van der Waals surface area contributed by atoms with Crippen molar-refractivity contribution in [3.8, 4) is 0 Å². The van der Waals surface area contributed by atoms with Crippen molar-refractivity contribution in [2.75, 3.05) is 18.1 Å². The van der Waals surface area contributed by atoms with E-state index in [1.54, 1.807) is 0 Å². The van der Waals surface area contributed by atoms with Gasteiger partial charge in [-0.1, -0.05) is 20.8 Å². The Kier molecular flexibility index (Phi) is 4.86. The van der Waals surface area contributed by atoms with Crippen molar-refractivity contribution < 1.29 is 8.42 Å². The molecule has 0 saturated carbocycles. The van der Waals surface area contributed by atoms with Gasteiger partial charge in [0.1, 0.15) is 0 Å². The summed E-state index contributed by atoms with van der Waals surface area (Å²) < 4.78 is 25.2. The van der Waals surface area contributed by atoms with Crippen LogP contribution in [0.3, 0.4) is 0 Å². The summed E-state index contributed by atoms with van der Waals surface area (Å²) in [5, 5.41) is 7.87. The number of rotatable bonds is 6. The van der Waals surface area contributed by atoms with Crippen LogP contribution in [-0.2, 0) is 22.8 Å². The van der Waals surface area contributed by atoms with Crippen molar-refractivity contribution in [1.82, 2.24) is 15.1 Å². The molecule has 1 aliphatic rings. The lowest BCUT2D eigenvalue weighted by molar-refractivity contribution is 0.480. The predicted octanol–water partition coefficient (Wildman–Crippen LogP) is 1.55. The van der Waals surface area contributed by atoms with Gasteiger partial charge in [-0.15, -0.1) is 0 Å². The molecule has 5 nitrogen and oxygen atoms in total. The molecule has 2 heterocycles. The second-order valence-electron chi connectivity index (χ2n) is 6.00. The number of hydrogen-bond acceptors (Lipinski definition) is 4. The lowest BCUT2D eigenvalue weighted by atomic mass is 10.1. The molecule has 0 aliphatic carbocycles. The van der Waals surface area contributed by atoms with Gasteiger partial charge in [0.15, 0.2) is 9.84 Å². The molecule has 2 rings (SSSR count). The molecule has 0 aromatic carbocycles. The van der Waals surface area contributed by atoms with Crippen LogP contribution in [0.2, 0.25) is 0 Å². The van der Waals surface area contributed by atoms with E-state index < -0.39 is 9.84 Å². The van der Waals surface area contributed by atoms with Gasteiger partial charge in [0.25, 0.3) is 0 Å². The molecule has 1 aliphatic heterocycles. The third-order valence-corrected chi connectivity index (χ3v) is 5.49. The van der Waals surface area contributed by atoms with Crippen LogP contribution < -0.4 is 5.32 Å². The lowest BCUT2D eigenvalue weighted by Gasteiger charge is -2.14. The molecule has 1 N–H and O–H groups in total. The summed E-state index contributed by atoms with van der Waals surface area (Å²) in [6.07, 6.45) is 3.46. The summed E-state index contributed by atoms with van der Waals surface area (Å²) >= 11 is 0. The van der Waals surface area contributed by atoms with E-state index in [2.05, 4.69) is 31.2 Å². The average molecular weight is 299 g/mol. The van der Waals surface area contributed by atoms with Gasteiger partial charge in [-0.05, 0) is 25.3 Å². The maximum Gasteiger partial charge on any atom is 0.152 e. The average Bonchev–Trinajstić information content (AvgIpc) is 2.91. The number of nitrogens with one attached hydrogen (secondary N) is 1. The topological polar surface area (TPSA) is 64.0 Å². The van der Waals surface area contributed by atoms with E-state index in [0.717, 1.165) is 19.5 Å². The summed E-state index contributed by atoms with van der Waals surface area (Å²) in [6.45, 7) is 8.25. The Morgan fingerprint density at radius 1 is 1.50 bits per heavy atom. The van der Waals surface area contributed by atoms with Crippen molar-refractivity contribution in [2.45, 2.75) is 46.2 Å². The summed E-state index contributed by atoms with van der Waals surface area (Å²) in [6, 6.07) is 0.0220. The number of aromatic nitrogens is 2. The zero-order valence-corrected chi connectivity index (χ0v) is 13.4. The number of hydrogen-bond donors (Lipinski definition) is 1. The molecule has 20 heavy (non-hydrogen) atoms. The van der Waals surface area contributed by atoms with Gasteiger partial charge in [-0.2, -0.15) is 5.10 Å². The van der Waals surface area contributed by atoms with Crippen LogP contribution in [-0.4, -0.2) is 36.2 Å².